The van der Waals surface area contributed by atoms with E-state index >= 15 is 0 Å². The van der Waals surface area contributed by atoms with Gasteiger partial charge in [0.25, 0.3) is 0 Å². The van der Waals surface area contributed by atoms with Gasteiger partial charge in [0.2, 0.25) is 0 Å². The molecule has 2 unspecified atom stereocenters. The van der Waals surface area contributed by atoms with E-state index in [1.165, 1.54) is 6.07 Å². The minimum atomic E-state index is -0.350. The molecule has 0 bridgehead atoms. The van der Waals surface area contributed by atoms with Crippen molar-refractivity contribution < 1.29 is 18.7 Å². The molecule has 2 rings (SSSR count). The summed E-state index contributed by atoms with van der Waals surface area (Å²) >= 11 is 0. The molecule has 25 heavy (non-hydrogen) atoms. The highest BCUT2D eigenvalue weighted by Crippen LogP contribution is 2.27. The summed E-state index contributed by atoms with van der Waals surface area (Å²) in [6, 6.07) is 4.96. The molecule has 1 aliphatic carbocycles. The Balaban J connectivity index is 1.94. The Morgan fingerprint density at radius 2 is 2.08 bits per heavy atom. The molecule has 0 heterocycles. The van der Waals surface area contributed by atoms with E-state index < -0.39 is 0 Å². The van der Waals surface area contributed by atoms with Crippen LogP contribution in [0.3, 0.4) is 0 Å². The maximum atomic E-state index is 14.0. The Hall–Kier alpha value is -1.58. The fraction of sp³-hybridized carbons (Fsp3) is 0.667. The van der Waals surface area contributed by atoms with Crippen LogP contribution in [0, 0.1) is 24.6 Å². The second-order valence-corrected chi connectivity index (χ2v) is 7.28. The number of carbonyl (C=O) groups is 1. The maximum Gasteiger partial charge on any atom is 0.309 e. The minimum absolute atomic E-state index is 0.0415. The van der Waals surface area contributed by atoms with Gasteiger partial charge in [0.05, 0.1) is 12.5 Å². The first-order chi connectivity index (χ1) is 12.0. The zero-order chi connectivity index (χ0) is 18.2. The van der Waals surface area contributed by atoms with E-state index in [9.17, 15) is 9.18 Å². The van der Waals surface area contributed by atoms with Crippen LogP contribution < -0.4 is 4.74 Å². The van der Waals surface area contributed by atoms with Gasteiger partial charge in [-0.25, -0.2) is 4.39 Å². The van der Waals surface area contributed by atoms with E-state index in [1.807, 2.05) is 19.9 Å². The number of hydrogen-bond acceptors (Lipinski definition) is 3. The van der Waals surface area contributed by atoms with Crippen molar-refractivity contribution >= 4 is 5.97 Å². The zero-order valence-corrected chi connectivity index (χ0v) is 15.7. The Morgan fingerprint density at radius 1 is 1.32 bits per heavy atom. The van der Waals surface area contributed by atoms with E-state index in [4.69, 9.17) is 9.47 Å². The van der Waals surface area contributed by atoms with Crippen LogP contribution in [0.5, 0.6) is 5.75 Å². The van der Waals surface area contributed by atoms with Crippen molar-refractivity contribution in [2.75, 3.05) is 6.61 Å². The quantitative estimate of drug-likeness (QED) is 0.416. The molecule has 1 aromatic rings. The molecule has 0 saturated heterocycles. The lowest BCUT2D eigenvalue weighted by Gasteiger charge is -2.29. The van der Waals surface area contributed by atoms with Crippen molar-refractivity contribution in [3.05, 3.63) is 29.6 Å². The lowest BCUT2D eigenvalue weighted by atomic mass is 9.89. The molecule has 1 saturated carbocycles. The molecule has 4 heteroatoms. The number of ether oxygens (including phenoxy) is 2. The van der Waals surface area contributed by atoms with E-state index in [2.05, 4.69) is 6.92 Å². The van der Waals surface area contributed by atoms with E-state index in [-0.39, 0.29) is 35.5 Å². The van der Waals surface area contributed by atoms with Gasteiger partial charge in [0, 0.05) is 5.92 Å². The molecule has 1 aromatic carbocycles. The van der Waals surface area contributed by atoms with E-state index in [0.717, 1.165) is 50.5 Å². The Morgan fingerprint density at radius 3 is 2.68 bits per heavy atom. The van der Waals surface area contributed by atoms with Crippen LogP contribution >= 0.6 is 0 Å². The van der Waals surface area contributed by atoms with Crippen LogP contribution in [0.25, 0.3) is 0 Å². The lowest BCUT2D eigenvalue weighted by molar-refractivity contribution is -0.159. The summed E-state index contributed by atoms with van der Waals surface area (Å²) in [5.74, 6) is -0.423. The van der Waals surface area contributed by atoms with Crippen molar-refractivity contribution in [1.29, 1.82) is 0 Å². The van der Waals surface area contributed by atoms with Gasteiger partial charge in [0.15, 0.2) is 11.6 Å². The van der Waals surface area contributed by atoms with Gasteiger partial charge in [0.1, 0.15) is 6.10 Å². The Kier molecular flexibility index (Phi) is 7.73. The van der Waals surface area contributed by atoms with Crippen molar-refractivity contribution in [3.8, 4) is 5.75 Å². The molecule has 140 valence electrons. The number of hydrogen-bond donors (Lipinski definition) is 0. The van der Waals surface area contributed by atoms with Crippen LogP contribution in [0.1, 0.15) is 64.4 Å². The molecule has 0 aromatic heterocycles. The number of unbranched alkanes of at least 4 members (excludes halogenated alkanes) is 2. The smallest absolute Gasteiger partial charge is 0.309 e. The fourth-order valence-electron chi connectivity index (χ4n) is 3.01. The van der Waals surface area contributed by atoms with Crippen LogP contribution in [-0.4, -0.2) is 18.7 Å². The highest BCUT2D eigenvalue weighted by Gasteiger charge is 2.30. The second-order valence-electron chi connectivity index (χ2n) is 7.28. The van der Waals surface area contributed by atoms with Crippen LogP contribution in [0.15, 0.2) is 18.2 Å². The summed E-state index contributed by atoms with van der Waals surface area (Å²) in [6.07, 6.45) is 7.38. The summed E-state index contributed by atoms with van der Waals surface area (Å²) in [5, 5.41) is 0. The van der Waals surface area contributed by atoms with Crippen molar-refractivity contribution in [2.45, 2.75) is 71.8 Å². The molecule has 2 atom stereocenters. The maximum absolute atomic E-state index is 14.0. The first-order valence-electron chi connectivity index (χ1n) is 9.60. The van der Waals surface area contributed by atoms with Gasteiger partial charge in [-0.05, 0) is 50.3 Å². The average Bonchev–Trinajstić information content (AvgIpc) is 2.54. The third-order valence-electron chi connectivity index (χ3n) is 5.13. The largest absolute Gasteiger partial charge is 0.490 e. The topological polar surface area (TPSA) is 35.5 Å². The summed E-state index contributed by atoms with van der Waals surface area (Å²) in [6.45, 7) is 6.25. The number of aryl methyl sites for hydroxylation is 1. The van der Waals surface area contributed by atoms with Gasteiger partial charge in [-0.1, -0.05) is 39.2 Å². The van der Waals surface area contributed by atoms with Crippen molar-refractivity contribution in [1.82, 2.24) is 0 Å². The van der Waals surface area contributed by atoms with Crippen LogP contribution in [-0.2, 0) is 9.53 Å². The number of halogens is 1. The lowest BCUT2D eigenvalue weighted by Crippen LogP contribution is -2.33. The van der Waals surface area contributed by atoms with Crippen molar-refractivity contribution in [2.24, 2.45) is 11.8 Å². The molecule has 0 radical (unpaired) electrons. The van der Waals surface area contributed by atoms with Gasteiger partial charge in [-0.2, -0.15) is 0 Å². The predicted molar refractivity (Wildman–Crippen MR) is 97.2 cm³/mol. The highest BCUT2D eigenvalue weighted by molar-refractivity contribution is 5.72. The van der Waals surface area contributed by atoms with Crippen molar-refractivity contribution in [3.63, 3.8) is 0 Å². The van der Waals surface area contributed by atoms with E-state index in [0.29, 0.717) is 6.61 Å². The third kappa shape index (κ3) is 6.02. The second kappa shape index (κ2) is 9.79. The molecule has 0 N–H and O–H groups in total. The molecular weight excluding hydrogens is 319 g/mol. The van der Waals surface area contributed by atoms with Crippen LogP contribution in [0.2, 0.25) is 0 Å². The predicted octanol–water partition coefficient (Wildman–Crippen LogP) is 5.44. The molecule has 0 amide bonds. The van der Waals surface area contributed by atoms with Gasteiger partial charge in [-0.3, -0.25) is 4.79 Å². The minimum Gasteiger partial charge on any atom is -0.490 e. The molecule has 3 nitrogen and oxygen atoms in total. The number of esters is 1. The molecular formula is C21H31FO3. The SMILES string of the molecule is CCCCCC(COc1ccc(C)cc1F)C(C)C(=O)OC1CCC1. The highest BCUT2D eigenvalue weighted by atomic mass is 19.1. The monoisotopic (exact) mass is 350 g/mol. The summed E-state index contributed by atoms with van der Waals surface area (Å²) in [4.78, 5) is 12.4. The summed E-state index contributed by atoms with van der Waals surface area (Å²) < 4.78 is 25.3. The molecule has 1 fully saturated rings. The van der Waals surface area contributed by atoms with Gasteiger partial charge in [-0.15, -0.1) is 0 Å². The summed E-state index contributed by atoms with van der Waals surface area (Å²) in [7, 11) is 0. The fourth-order valence-corrected chi connectivity index (χ4v) is 3.01. The molecule has 0 spiro atoms. The average molecular weight is 350 g/mol. The molecule has 1 aliphatic rings. The first-order valence-corrected chi connectivity index (χ1v) is 9.60. The van der Waals surface area contributed by atoms with Gasteiger partial charge < -0.3 is 9.47 Å². The Labute approximate surface area is 150 Å². The summed E-state index contributed by atoms with van der Waals surface area (Å²) in [5.41, 5.74) is 0.863. The first kappa shape index (κ1) is 19.7. The normalized spacial score (nSPS) is 16.8. The van der Waals surface area contributed by atoms with Crippen LogP contribution in [0.4, 0.5) is 4.39 Å². The van der Waals surface area contributed by atoms with E-state index in [1.54, 1.807) is 6.07 Å². The Bertz CT molecular complexity index is 554. The zero-order valence-electron chi connectivity index (χ0n) is 15.7. The number of rotatable bonds is 10. The molecule has 0 aliphatic heterocycles. The van der Waals surface area contributed by atoms with Gasteiger partial charge >= 0.3 is 5.97 Å². The number of benzene rings is 1. The number of carbonyl (C=O) groups excluding carboxylic acids is 1. The third-order valence-corrected chi connectivity index (χ3v) is 5.13. The standard InChI is InChI=1S/C21H31FO3/c1-4-5-6-8-17(16(3)21(23)25-18-9-7-10-18)14-24-20-12-11-15(2)13-19(20)22/h11-13,16-18H,4-10,14H2,1-3H3.